The largest absolute Gasteiger partial charge is 0.348 e. The van der Waals surface area contributed by atoms with Gasteiger partial charge in [0.1, 0.15) is 0 Å². The molecule has 2 heteroatoms. The lowest BCUT2D eigenvalue weighted by atomic mass is 9.80. The van der Waals surface area contributed by atoms with Gasteiger partial charge in [0, 0.05) is 11.9 Å². The third-order valence-corrected chi connectivity index (χ3v) is 3.51. The molecule has 0 amide bonds. The predicted octanol–water partition coefficient (Wildman–Crippen LogP) is 3.07. The van der Waals surface area contributed by atoms with Crippen LogP contribution in [-0.2, 0) is 12.8 Å². The molecule has 2 aromatic rings. The van der Waals surface area contributed by atoms with E-state index in [1.54, 1.807) is 17.5 Å². The molecule has 0 fully saturated rings. The second kappa shape index (κ2) is 4.12. The summed E-state index contributed by atoms with van der Waals surface area (Å²) in [7, 11) is 0. The van der Waals surface area contributed by atoms with Crippen molar-refractivity contribution in [3.8, 4) is 0 Å². The maximum atomic E-state index is 4.09. The smallest absolute Gasteiger partial charge is 0.0921 e. The van der Waals surface area contributed by atoms with Gasteiger partial charge in [-0.05, 0) is 42.7 Å². The van der Waals surface area contributed by atoms with Gasteiger partial charge in [-0.15, -0.1) is 0 Å². The molecule has 16 heavy (non-hydrogen) atoms. The molecule has 1 heterocycles. The van der Waals surface area contributed by atoms with Gasteiger partial charge in [0.05, 0.1) is 6.33 Å². The van der Waals surface area contributed by atoms with Gasteiger partial charge >= 0.3 is 0 Å². The molecular weight excluding hydrogens is 196 g/mol. The lowest BCUT2D eigenvalue weighted by Crippen LogP contribution is -2.12. The van der Waals surface area contributed by atoms with Crippen LogP contribution in [0.5, 0.6) is 0 Å². The lowest BCUT2D eigenvalue weighted by molar-refractivity contribution is 0.546. The van der Waals surface area contributed by atoms with Crippen LogP contribution in [0, 0.1) is 0 Å². The highest BCUT2D eigenvalue weighted by Crippen LogP contribution is 2.33. The van der Waals surface area contributed by atoms with Crippen molar-refractivity contribution < 1.29 is 0 Å². The van der Waals surface area contributed by atoms with Crippen molar-refractivity contribution in [3.63, 3.8) is 0 Å². The molecule has 0 aliphatic heterocycles. The van der Waals surface area contributed by atoms with Crippen LogP contribution in [0.15, 0.2) is 36.8 Å². The summed E-state index contributed by atoms with van der Waals surface area (Å²) in [5.74, 6) is 0.672. The van der Waals surface area contributed by atoms with Gasteiger partial charge in [-0.2, -0.15) is 0 Å². The number of imidazole rings is 1. The number of H-pyrrole nitrogens is 1. The fourth-order valence-electron chi connectivity index (χ4n) is 2.73. The molecule has 1 aliphatic rings. The molecular formula is C14H16N2. The van der Waals surface area contributed by atoms with E-state index in [4.69, 9.17) is 0 Å². The van der Waals surface area contributed by atoms with E-state index >= 15 is 0 Å². The Hall–Kier alpha value is -1.57. The van der Waals surface area contributed by atoms with E-state index < -0.39 is 0 Å². The van der Waals surface area contributed by atoms with Crippen molar-refractivity contribution in [2.75, 3.05) is 0 Å². The number of nitrogens with one attached hydrogen (secondary N) is 1. The maximum absolute atomic E-state index is 4.09. The average molecular weight is 212 g/mol. The summed E-state index contributed by atoms with van der Waals surface area (Å²) < 4.78 is 0. The molecule has 0 bridgehead atoms. The van der Waals surface area contributed by atoms with E-state index in [-0.39, 0.29) is 0 Å². The highest BCUT2D eigenvalue weighted by Gasteiger charge is 2.20. The maximum Gasteiger partial charge on any atom is 0.0921 e. The van der Waals surface area contributed by atoms with E-state index in [2.05, 4.69) is 34.2 Å². The minimum Gasteiger partial charge on any atom is -0.348 e. The van der Waals surface area contributed by atoms with Gasteiger partial charge in [0.15, 0.2) is 0 Å². The van der Waals surface area contributed by atoms with Crippen molar-refractivity contribution in [1.29, 1.82) is 0 Å². The van der Waals surface area contributed by atoms with Gasteiger partial charge in [-0.1, -0.05) is 24.3 Å². The zero-order chi connectivity index (χ0) is 10.8. The SMILES string of the molecule is c1ccc2c(c1)CCC[C@@H]2Cc1cnc[nH]1. The zero-order valence-corrected chi connectivity index (χ0v) is 9.32. The molecule has 0 unspecified atom stereocenters. The normalized spacial score (nSPS) is 19.4. The summed E-state index contributed by atoms with van der Waals surface area (Å²) in [6.07, 6.45) is 8.67. The minimum atomic E-state index is 0.672. The van der Waals surface area contributed by atoms with Crippen molar-refractivity contribution in [3.05, 3.63) is 53.6 Å². The van der Waals surface area contributed by atoms with Gasteiger partial charge < -0.3 is 4.98 Å². The van der Waals surface area contributed by atoms with Gasteiger partial charge in [0.25, 0.3) is 0 Å². The number of aromatic amines is 1. The fourth-order valence-corrected chi connectivity index (χ4v) is 2.73. The van der Waals surface area contributed by atoms with Crippen molar-refractivity contribution in [1.82, 2.24) is 9.97 Å². The van der Waals surface area contributed by atoms with Crippen LogP contribution in [-0.4, -0.2) is 9.97 Å². The molecule has 82 valence electrons. The summed E-state index contributed by atoms with van der Waals surface area (Å²) in [4.78, 5) is 7.29. The standard InChI is InChI=1S/C14H16N2/c1-2-7-14-11(4-1)5-3-6-12(14)8-13-9-15-10-16-13/h1-2,4,7,9-10,12H,3,5-6,8H2,(H,15,16)/t12-/m1/s1. The van der Waals surface area contributed by atoms with Crippen LogP contribution >= 0.6 is 0 Å². The van der Waals surface area contributed by atoms with E-state index in [1.807, 2.05) is 6.20 Å². The van der Waals surface area contributed by atoms with Crippen LogP contribution < -0.4 is 0 Å². The summed E-state index contributed by atoms with van der Waals surface area (Å²) in [6.45, 7) is 0. The van der Waals surface area contributed by atoms with E-state index in [1.165, 1.54) is 25.0 Å². The van der Waals surface area contributed by atoms with Gasteiger partial charge in [0.2, 0.25) is 0 Å². The first-order valence-corrected chi connectivity index (χ1v) is 5.98. The molecule has 3 rings (SSSR count). The van der Waals surface area contributed by atoms with E-state index in [0.29, 0.717) is 5.92 Å². The minimum absolute atomic E-state index is 0.672. The Morgan fingerprint density at radius 2 is 2.25 bits per heavy atom. The Labute approximate surface area is 95.7 Å². The number of hydrogen-bond donors (Lipinski definition) is 1. The Morgan fingerprint density at radius 1 is 1.31 bits per heavy atom. The van der Waals surface area contributed by atoms with E-state index in [0.717, 1.165) is 6.42 Å². The average Bonchev–Trinajstić information content (AvgIpc) is 2.82. The van der Waals surface area contributed by atoms with Gasteiger partial charge in [-0.25, -0.2) is 4.98 Å². The number of hydrogen-bond acceptors (Lipinski definition) is 1. The molecule has 0 spiro atoms. The molecule has 2 nitrogen and oxygen atoms in total. The second-order valence-electron chi connectivity index (χ2n) is 4.57. The Kier molecular flexibility index (Phi) is 2.49. The van der Waals surface area contributed by atoms with Crippen molar-refractivity contribution in [2.24, 2.45) is 0 Å². The van der Waals surface area contributed by atoms with Crippen LogP contribution in [0.1, 0.15) is 35.6 Å². The summed E-state index contributed by atoms with van der Waals surface area (Å²) in [5.41, 5.74) is 4.34. The molecule has 0 saturated heterocycles. The number of aromatic nitrogens is 2. The highest BCUT2D eigenvalue weighted by molar-refractivity contribution is 5.33. The molecule has 0 saturated carbocycles. The first-order chi connectivity index (χ1) is 7.93. The predicted molar refractivity (Wildman–Crippen MR) is 64.4 cm³/mol. The third kappa shape index (κ3) is 1.75. The van der Waals surface area contributed by atoms with Crippen molar-refractivity contribution >= 4 is 0 Å². The fraction of sp³-hybridized carbons (Fsp3) is 0.357. The van der Waals surface area contributed by atoms with Gasteiger partial charge in [-0.3, -0.25) is 0 Å². The third-order valence-electron chi connectivity index (χ3n) is 3.51. The number of aryl methyl sites for hydroxylation is 1. The summed E-state index contributed by atoms with van der Waals surface area (Å²) >= 11 is 0. The highest BCUT2D eigenvalue weighted by atomic mass is 14.9. The molecule has 1 aliphatic carbocycles. The molecule has 1 aromatic heterocycles. The lowest BCUT2D eigenvalue weighted by Gasteiger charge is -2.24. The first-order valence-electron chi connectivity index (χ1n) is 5.98. The number of benzene rings is 1. The topological polar surface area (TPSA) is 28.7 Å². The summed E-state index contributed by atoms with van der Waals surface area (Å²) in [6, 6.07) is 8.87. The second-order valence-corrected chi connectivity index (χ2v) is 4.57. The monoisotopic (exact) mass is 212 g/mol. The van der Waals surface area contributed by atoms with Crippen LogP contribution in [0.2, 0.25) is 0 Å². The number of nitrogens with zero attached hydrogens (tertiary/aromatic N) is 1. The van der Waals surface area contributed by atoms with Crippen LogP contribution in [0.3, 0.4) is 0 Å². The Balaban J connectivity index is 1.87. The summed E-state index contributed by atoms with van der Waals surface area (Å²) in [5, 5.41) is 0. The van der Waals surface area contributed by atoms with Crippen LogP contribution in [0.4, 0.5) is 0 Å². The molecule has 0 radical (unpaired) electrons. The molecule has 1 atom stereocenters. The molecule has 1 aromatic carbocycles. The first kappa shape index (κ1) is 9.64. The number of rotatable bonds is 2. The van der Waals surface area contributed by atoms with Crippen molar-refractivity contribution in [2.45, 2.75) is 31.6 Å². The van der Waals surface area contributed by atoms with Crippen LogP contribution in [0.25, 0.3) is 0 Å². The molecule has 1 N–H and O–H groups in total. The Bertz CT molecular complexity index is 459. The van der Waals surface area contributed by atoms with E-state index in [9.17, 15) is 0 Å². The number of fused-ring (bicyclic) bond motifs is 1. The Morgan fingerprint density at radius 3 is 3.12 bits per heavy atom. The zero-order valence-electron chi connectivity index (χ0n) is 9.32. The quantitative estimate of drug-likeness (QED) is 0.814.